The fraction of sp³-hybridized carbons (Fsp3) is 0.375. The molecule has 0 aliphatic carbocycles. The van der Waals surface area contributed by atoms with E-state index in [9.17, 15) is 13.6 Å². The van der Waals surface area contributed by atoms with Gasteiger partial charge in [0.05, 0.1) is 43.0 Å². The minimum Gasteiger partial charge on any atom is -0.491 e. The number of carbonyl (C=O) groups is 1. The van der Waals surface area contributed by atoms with Crippen LogP contribution in [0.4, 0.5) is 26.0 Å². The van der Waals surface area contributed by atoms with Gasteiger partial charge in [0.25, 0.3) is 0 Å². The number of aryl methyl sites for hydroxylation is 1. The lowest BCUT2D eigenvalue weighted by Crippen LogP contribution is -2.52. The van der Waals surface area contributed by atoms with Gasteiger partial charge in [-0.25, -0.2) is 13.8 Å². The number of nitrogens with one attached hydrogen (secondary N) is 2. The van der Waals surface area contributed by atoms with E-state index in [0.717, 1.165) is 11.3 Å². The third-order valence-electron chi connectivity index (χ3n) is 6.14. The van der Waals surface area contributed by atoms with Crippen LogP contribution in [0.15, 0.2) is 30.6 Å². The minimum absolute atomic E-state index is 0.127. The number of pyridine rings is 1. The van der Waals surface area contributed by atoms with E-state index >= 15 is 0 Å². The first kappa shape index (κ1) is 24.4. The van der Waals surface area contributed by atoms with Crippen molar-refractivity contribution in [1.29, 1.82) is 0 Å². The van der Waals surface area contributed by atoms with Gasteiger partial charge in [-0.3, -0.25) is 9.48 Å². The van der Waals surface area contributed by atoms with Crippen molar-refractivity contribution >= 4 is 23.1 Å². The van der Waals surface area contributed by atoms with Crippen LogP contribution >= 0.6 is 0 Å². The predicted octanol–water partition coefficient (Wildman–Crippen LogP) is 3.33. The molecule has 186 valence electrons. The summed E-state index contributed by atoms with van der Waals surface area (Å²) in [5, 5.41) is 10.5. The first-order valence-electron chi connectivity index (χ1n) is 11.1. The molecule has 0 radical (unpaired) electrons. The molecular weight excluding hydrogens is 458 g/mol. The number of halogens is 2. The molecule has 1 aliphatic rings. The zero-order chi connectivity index (χ0) is 25.3. The quantitative estimate of drug-likeness (QED) is 0.505. The molecule has 35 heavy (non-hydrogen) atoms. The molecule has 1 aliphatic heterocycles. The van der Waals surface area contributed by atoms with Crippen LogP contribution < -0.4 is 20.3 Å². The molecule has 11 heteroatoms. The molecule has 2 N–H and O–H groups in total. The number of benzene rings is 1. The number of aromatic nitrogens is 3. The van der Waals surface area contributed by atoms with E-state index in [1.54, 1.807) is 24.2 Å². The number of anilines is 3. The van der Waals surface area contributed by atoms with Crippen LogP contribution in [0.1, 0.15) is 23.7 Å². The van der Waals surface area contributed by atoms with Crippen LogP contribution in [0.25, 0.3) is 0 Å². The molecule has 9 nitrogen and oxygen atoms in total. The van der Waals surface area contributed by atoms with Gasteiger partial charge in [-0.1, -0.05) is 6.07 Å². The number of carbonyl (C=O) groups excluding carboxylic acids is 1. The molecule has 3 heterocycles. The lowest BCUT2D eigenvalue weighted by molar-refractivity contribution is -0.120. The summed E-state index contributed by atoms with van der Waals surface area (Å²) in [4.78, 5) is 19.0. The van der Waals surface area contributed by atoms with Gasteiger partial charge in [0.1, 0.15) is 11.9 Å². The Balaban J connectivity index is 1.48. The van der Waals surface area contributed by atoms with Crippen LogP contribution in [0.5, 0.6) is 5.75 Å². The van der Waals surface area contributed by atoms with Crippen molar-refractivity contribution in [1.82, 2.24) is 14.8 Å². The minimum atomic E-state index is -0.750. The van der Waals surface area contributed by atoms with Crippen LogP contribution in [-0.4, -0.2) is 54.1 Å². The lowest BCUT2D eigenvalue weighted by Gasteiger charge is -2.38. The third-order valence-corrected chi connectivity index (χ3v) is 6.14. The number of ether oxygens (including phenoxy) is 2. The maximum Gasteiger partial charge on any atom is 0.249 e. The van der Waals surface area contributed by atoms with Gasteiger partial charge in [-0.2, -0.15) is 5.10 Å². The average molecular weight is 487 g/mol. The summed E-state index contributed by atoms with van der Waals surface area (Å²) in [6.45, 7) is 4.24. The molecule has 2 atom stereocenters. The van der Waals surface area contributed by atoms with Crippen LogP contribution in [0.2, 0.25) is 0 Å². The number of methoxy groups -OCH3 is 2. The predicted molar refractivity (Wildman–Crippen MR) is 128 cm³/mol. The average Bonchev–Trinajstić information content (AvgIpc) is 3.28. The number of likely N-dealkylation sites (N-methyl/N-ethyl adjacent to an activating group) is 1. The van der Waals surface area contributed by atoms with E-state index in [4.69, 9.17) is 9.47 Å². The summed E-state index contributed by atoms with van der Waals surface area (Å²) in [7, 11) is 4.66. The molecule has 3 aromatic rings. The van der Waals surface area contributed by atoms with E-state index in [0.29, 0.717) is 23.7 Å². The van der Waals surface area contributed by atoms with Gasteiger partial charge in [-0.05, 0) is 19.9 Å². The number of nitrogens with zero attached hydrogens (tertiary/aromatic N) is 4. The SMILES string of the molecule is COc1c(F)ccc(Cn2cc(CNc3cc4c(c(C)n3)NC(=O)[C@H]([C@@H](C)OC)N4C)cn2)c1F. The largest absolute Gasteiger partial charge is 0.491 e. The zero-order valence-corrected chi connectivity index (χ0v) is 20.2. The van der Waals surface area contributed by atoms with Crippen molar-refractivity contribution in [3.63, 3.8) is 0 Å². The lowest BCUT2D eigenvalue weighted by atomic mass is 10.0. The second-order valence-corrected chi connectivity index (χ2v) is 8.43. The topological polar surface area (TPSA) is 93.5 Å². The molecule has 0 saturated carbocycles. The molecule has 2 aromatic heterocycles. The molecule has 0 spiro atoms. The summed E-state index contributed by atoms with van der Waals surface area (Å²) >= 11 is 0. The Labute approximate surface area is 202 Å². The normalized spacial score (nSPS) is 16.0. The van der Waals surface area contributed by atoms with E-state index in [-0.39, 0.29) is 24.1 Å². The van der Waals surface area contributed by atoms with Crippen LogP contribution in [0, 0.1) is 18.6 Å². The molecular formula is C24H28F2N6O3. The Hall–Kier alpha value is -3.73. The highest BCUT2D eigenvalue weighted by Gasteiger charge is 2.36. The summed E-state index contributed by atoms with van der Waals surface area (Å²) in [6, 6.07) is 3.96. The molecule has 1 amide bonds. The van der Waals surface area contributed by atoms with Gasteiger partial charge >= 0.3 is 0 Å². The first-order chi connectivity index (χ1) is 16.7. The highest BCUT2D eigenvalue weighted by molar-refractivity contribution is 6.04. The maximum absolute atomic E-state index is 14.5. The first-order valence-corrected chi connectivity index (χ1v) is 11.1. The number of hydrogen-bond acceptors (Lipinski definition) is 7. The van der Waals surface area contributed by atoms with E-state index in [1.165, 1.54) is 19.2 Å². The fourth-order valence-corrected chi connectivity index (χ4v) is 4.19. The van der Waals surface area contributed by atoms with Crippen molar-refractivity contribution in [3.8, 4) is 5.75 Å². The highest BCUT2D eigenvalue weighted by Crippen LogP contribution is 2.36. The number of hydrogen-bond donors (Lipinski definition) is 2. The zero-order valence-electron chi connectivity index (χ0n) is 20.2. The molecule has 4 rings (SSSR count). The van der Waals surface area contributed by atoms with Gasteiger partial charge in [-0.15, -0.1) is 0 Å². The van der Waals surface area contributed by atoms with Crippen molar-refractivity contribution in [2.45, 2.75) is 39.1 Å². The number of fused-ring (bicyclic) bond motifs is 1. The van der Waals surface area contributed by atoms with Crippen molar-refractivity contribution in [2.24, 2.45) is 0 Å². The van der Waals surface area contributed by atoms with Crippen molar-refractivity contribution in [2.75, 3.05) is 36.8 Å². The van der Waals surface area contributed by atoms with Crippen molar-refractivity contribution in [3.05, 3.63) is 59.0 Å². The highest BCUT2D eigenvalue weighted by atomic mass is 19.1. The summed E-state index contributed by atoms with van der Waals surface area (Å²) in [6.07, 6.45) is 3.14. The third kappa shape index (κ3) is 4.76. The second-order valence-electron chi connectivity index (χ2n) is 8.43. The molecule has 0 saturated heterocycles. The Morgan fingerprint density at radius 2 is 2.06 bits per heavy atom. The number of rotatable bonds is 8. The van der Waals surface area contributed by atoms with Gasteiger partial charge in [0.15, 0.2) is 17.4 Å². The molecule has 1 aromatic carbocycles. The molecule has 0 fully saturated rings. The standard InChI is InChI=1S/C24H28F2N6O3/c1-13-21-18(31(3)22(14(2)34-4)24(33)30-21)8-19(29-13)27-9-15-10-28-32(11-15)12-16-6-7-17(25)23(35-5)20(16)26/h6-8,10-11,14,22H,9,12H2,1-5H3,(H,27,29)(H,30,33)/t14-,22+/m1/s1. The van der Waals surface area contributed by atoms with E-state index < -0.39 is 23.4 Å². The van der Waals surface area contributed by atoms with Crippen LogP contribution in [0.3, 0.4) is 0 Å². The summed E-state index contributed by atoms with van der Waals surface area (Å²) in [5.74, 6) is -1.40. The molecule has 0 unspecified atom stereocenters. The summed E-state index contributed by atoms with van der Waals surface area (Å²) < 4.78 is 39.9. The van der Waals surface area contributed by atoms with Crippen molar-refractivity contribution < 1.29 is 23.0 Å². The van der Waals surface area contributed by atoms with Gasteiger partial charge in [0, 0.05) is 44.1 Å². The fourth-order valence-electron chi connectivity index (χ4n) is 4.19. The summed E-state index contributed by atoms with van der Waals surface area (Å²) in [5.41, 5.74) is 3.31. The van der Waals surface area contributed by atoms with Gasteiger partial charge in [0.2, 0.25) is 5.91 Å². The Morgan fingerprint density at radius 3 is 2.77 bits per heavy atom. The number of amides is 1. The van der Waals surface area contributed by atoms with E-state index in [2.05, 4.69) is 20.7 Å². The Morgan fingerprint density at radius 1 is 1.29 bits per heavy atom. The molecule has 0 bridgehead atoms. The van der Waals surface area contributed by atoms with Crippen LogP contribution in [-0.2, 0) is 22.6 Å². The maximum atomic E-state index is 14.5. The van der Waals surface area contributed by atoms with Gasteiger partial charge < -0.3 is 25.0 Å². The Bertz CT molecular complexity index is 1250. The Kier molecular flexibility index (Phi) is 6.88. The smallest absolute Gasteiger partial charge is 0.249 e. The second kappa shape index (κ2) is 9.87. The van der Waals surface area contributed by atoms with E-state index in [1.807, 2.05) is 31.9 Å². The monoisotopic (exact) mass is 486 g/mol.